The molecule has 0 heterocycles. The Bertz CT molecular complexity index is 194. The van der Waals surface area contributed by atoms with E-state index in [1.54, 1.807) is 19.3 Å². The van der Waals surface area contributed by atoms with Crippen LogP contribution in [0, 0.1) is 4.91 Å². The highest BCUT2D eigenvalue weighted by Gasteiger charge is 2.04. The Morgan fingerprint density at radius 2 is 2.50 bits per heavy atom. The molecule has 0 bridgehead atoms. The van der Waals surface area contributed by atoms with E-state index in [1.807, 2.05) is 0 Å². The van der Waals surface area contributed by atoms with E-state index in [1.165, 1.54) is 0 Å². The summed E-state index contributed by atoms with van der Waals surface area (Å²) in [5.74, 6) is 0.831. The van der Waals surface area contributed by atoms with Crippen molar-refractivity contribution in [2.45, 2.75) is 12.8 Å². The molecule has 0 unspecified atom stereocenters. The van der Waals surface area contributed by atoms with Crippen LogP contribution in [0.5, 0.6) is 0 Å². The van der Waals surface area contributed by atoms with Gasteiger partial charge in [0.15, 0.2) is 0 Å². The third-order valence-corrected chi connectivity index (χ3v) is 1.42. The van der Waals surface area contributed by atoms with E-state index in [9.17, 15) is 4.91 Å². The van der Waals surface area contributed by atoms with Crippen molar-refractivity contribution in [3.8, 4) is 0 Å². The Labute approximate surface area is 59.4 Å². The molecule has 0 saturated carbocycles. The van der Waals surface area contributed by atoms with Crippen molar-refractivity contribution in [2.24, 2.45) is 5.18 Å². The Hall–Kier alpha value is -1.12. The van der Waals surface area contributed by atoms with Gasteiger partial charge < -0.3 is 4.74 Å². The van der Waals surface area contributed by atoms with Crippen LogP contribution in [0.1, 0.15) is 12.8 Å². The molecule has 1 rings (SSSR count). The largest absolute Gasteiger partial charge is 0.501 e. The van der Waals surface area contributed by atoms with Gasteiger partial charge in [-0.05, 0) is 11.6 Å². The van der Waals surface area contributed by atoms with Gasteiger partial charge in [-0.3, -0.25) is 0 Å². The van der Waals surface area contributed by atoms with Crippen molar-refractivity contribution in [3.05, 3.63) is 28.5 Å². The first-order valence-electron chi connectivity index (χ1n) is 3.15. The van der Waals surface area contributed by atoms with Crippen molar-refractivity contribution < 1.29 is 4.74 Å². The summed E-state index contributed by atoms with van der Waals surface area (Å²) in [4.78, 5) is 10.0. The Morgan fingerprint density at radius 3 is 3.10 bits per heavy atom. The minimum atomic E-state index is 0.475. The third-order valence-electron chi connectivity index (χ3n) is 1.42. The summed E-state index contributed by atoms with van der Waals surface area (Å²) < 4.78 is 4.94. The van der Waals surface area contributed by atoms with Crippen LogP contribution >= 0.6 is 0 Å². The standard InChI is InChI=1S/C7H9NO2/c1-10-7-4-2-3-6(5-7)8-9/h3,5H,2,4H2,1H3. The second-order valence-corrected chi connectivity index (χ2v) is 2.07. The maximum atomic E-state index is 10.0. The molecular formula is C7H9NO2. The molecule has 0 aromatic rings. The van der Waals surface area contributed by atoms with Gasteiger partial charge >= 0.3 is 0 Å². The van der Waals surface area contributed by atoms with Crippen molar-refractivity contribution in [3.63, 3.8) is 0 Å². The summed E-state index contributed by atoms with van der Waals surface area (Å²) in [5.41, 5.74) is 0.475. The monoisotopic (exact) mass is 139 g/mol. The number of rotatable bonds is 2. The van der Waals surface area contributed by atoms with E-state index in [2.05, 4.69) is 5.18 Å². The van der Waals surface area contributed by atoms with Gasteiger partial charge in [-0.1, -0.05) is 6.08 Å². The smallest absolute Gasteiger partial charge is 0.107 e. The molecule has 0 aromatic carbocycles. The normalized spacial score (nSPS) is 17.3. The lowest BCUT2D eigenvalue weighted by atomic mass is 10.1. The first-order chi connectivity index (χ1) is 4.86. The fourth-order valence-electron chi connectivity index (χ4n) is 0.883. The molecule has 0 radical (unpaired) electrons. The number of ether oxygens (including phenoxy) is 1. The molecular weight excluding hydrogens is 130 g/mol. The molecule has 0 atom stereocenters. The average molecular weight is 139 g/mol. The van der Waals surface area contributed by atoms with Gasteiger partial charge in [0.25, 0.3) is 0 Å². The zero-order valence-electron chi connectivity index (χ0n) is 5.83. The maximum Gasteiger partial charge on any atom is 0.107 e. The highest BCUT2D eigenvalue weighted by molar-refractivity contribution is 5.23. The van der Waals surface area contributed by atoms with Crippen LogP contribution in [0.3, 0.4) is 0 Å². The SMILES string of the molecule is COC1=CC(N=O)=CCC1. The molecule has 3 nitrogen and oxygen atoms in total. The molecule has 0 N–H and O–H groups in total. The first kappa shape index (κ1) is 6.99. The van der Waals surface area contributed by atoms with E-state index in [4.69, 9.17) is 4.74 Å². The molecule has 3 heteroatoms. The minimum Gasteiger partial charge on any atom is -0.501 e. The van der Waals surface area contributed by atoms with Crippen LogP contribution in [0.2, 0.25) is 0 Å². The minimum absolute atomic E-state index is 0.475. The number of allylic oxidation sites excluding steroid dienone is 3. The predicted octanol–water partition coefficient (Wildman–Crippen LogP) is 1.96. The molecule has 0 fully saturated rings. The molecule has 0 saturated heterocycles. The number of hydrogen-bond acceptors (Lipinski definition) is 3. The highest BCUT2D eigenvalue weighted by atomic mass is 16.5. The molecule has 10 heavy (non-hydrogen) atoms. The predicted molar refractivity (Wildman–Crippen MR) is 38.2 cm³/mol. The second kappa shape index (κ2) is 3.15. The summed E-state index contributed by atoms with van der Waals surface area (Å²) in [5, 5.41) is 2.80. The summed E-state index contributed by atoms with van der Waals surface area (Å²) in [7, 11) is 1.60. The fraction of sp³-hybridized carbons (Fsp3) is 0.429. The Morgan fingerprint density at radius 1 is 1.70 bits per heavy atom. The van der Waals surface area contributed by atoms with Gasteiger partial charge in [0.2, 0.25) is 0 Å². The van der Waals surface area contributed by atoms with E-state index < -0.39 is 0 Å². The lowest BCUT2D eigenvalue weighted by molar-refractivity contribution is 0.276. The molecule has 54 valence electrons. The van der Waals surface area contributed by atoms with Crippen molar-refractivity contribution in [2.75, 3.05) is 7.11 Å². The van der Waals surface area contributed by atoms with Crippen LogP contribution in [0.4, 0.5) is 0 Å². The third kappa shape index (κ3) is 1.43. The van der Waals surface area contributed by atoms with Crippen LogP contribution in [-0.4, -0.2) is 7.11 Å². The zero-order chi connectivity index (χ0) is 7.40. The van der Waals surface area contributed by atoms with Gasteiger partial charge in [-0.15, -0.1) is 4.91 Å². The van der Waals surface area contributed by atoms with Crippen molar-refractivity contribution >= 4 is 0 Å². The molecule has 1 aliphatic carbocycles. The van der Waals surface area contributed by atoms with Crippen molar-refractivity contribution in [1.29, 1.82) is 0 Å². The van der Waals surface area contributed by atoms with E-state index >= 15 is 0 Å². The van der Waals surface area contributed by atoms with E-state index in [0.717, 1.165) is 18.6 Å². The molecule has 1 aliphatic rings. The lowest BCUT2D eigenvalue weighted by Crippen LogP contribution is -1.92. The van der Waals surface area contributed by atoms with Crippen molar-refractivity contribution in [1.82, 2.24) is 0 Å². The zero-order valence-corrected chi connectivity index (χ0v) is 5.83. The lowest BCUT2D eigenvalue weighted by Gasteiger charge is -2.07. The van der Waals surface area contributed by atoms with Gasteiger partial charge in [0, 0.05) is 12.5 Å². The number of hydrogen-bond donors (Lipinski definition) is 0. The van der Waals surface area contributed by atoms with Gasteiger partial charge in [-0.25, -0.2) is 0 Å². The summed E-state index contributed by atoms with van der Waals surface area (Å²) in [6.45, 7) is 0. The molecule has 0 amide bonds. The van der Waals surface area contributed by atoms with E-state index in [-0.39, 0.29) is 0 Å². The molecule has 0 aromatic heterocycles. The Balaban J connectivity index is 2.70. The number of nitroso groups, excluding NO2 is 1. The van der Waals surface area contributed by atoms with Crippen LogP contribution in [-0.2, 0) is 4.74 Å². The van der Waals surface area contributed by atoms with Gasteiger partial charge in [0.1, 0.15) is 5.70 Å². The topological polar surface area (TPSA) is 38.7 Å². The number of methoxy groups -OCH3 is 1. The van der Waals surface area contributed by atoms with Crippen LogP contribution in [0.15, 0.2) is 28.8 Å². The summed E-state index contributed by atoms with van der Waals surface area (Å²) in [6, 6.07) is 0. The van der Waals surface area contributed by atoms with E-state index in [0.29, 0.717) is 5.70 Å². The van der Waals surface area contributed by atoms with Crippen LogP contribution < -0.4 is 0 Å². The first-order valence-corrected chi connectivity index (χ1v) is 3.15. The quantitative estimate of drug-likeness (QED) is 0.548. The maximum absolute atomic E-state index is 10.0. The summed E-state index contributed by atoms with van der Waals surface area (Å²) >= 11 is 0. The average Bonchev–Trinajstić information content (AvgIpc) is 2.05. The Kier molecular flexibility index (Phi) is 2.20. The molecule has 0 aliphatic heterocycles. The molecule has 0 spiro atoms. The van der Waals surface area contributed by atoms with Gasteiger partial charge in [0.05, 0.1) is 12.9 Å². The summed E-state index contributed by atoms with van der Waals surface area (Å²) in [6.07, 6.45) is 5.18. The highest BCUT2D eigenvalue weighted by Crippen LogP contribution is 2.17. The second-order valence-electron chi connectivity index (χ2n) is 2.07. The fourth-order valence-corrected chi connectivity index (χ4v) is 0.883. The number of nitrogens with zero attached hydrogens (tertiary/aromatic N) is 1. The van der Waals surface area contributed by atoms with Gasteiger partial charge in [-0.2, -0.15) is 0 Å². The van der Waals surface area contributed by atoms with Crippen LogP contribution in [0.25, 0.3) is 0 Å².